The molecule has 2 aromatic carbocycles. The number of nitro benzene ring substituents is 1. The minimum atomic E-state index is -0.747. The highest BCUT2D eigenvalue weighted by Crippen LogP contribution is 2.43. The number of carbonyl (C=O) groups excluding carboxylic acids is 1. The van der Waals surface area contributed by atoms with Crippen molar-refractivity contribution in [2.24, 2.45) is 5.73 Å². The molecule has 1 amide bonds. The van der Waals surface area contributed by atoms with Gasteiger partial charge in [0, 0.05) is 19.2 Å². The standard InChI is InChI=1S/C19H18N4O5S/c1-27-14-6-5-13(22-7-9-28-10-8-22)17-16(14)21-19(29-17)15-11(18(20)24)3-2-4-12(15)23(25)26/h2-6H,7-10H2,1H3,(H2,20,24). The Labute approximate surface area is 169 Å². The van der Waals surface area contributed by atoms with Gasteiger partial charge in [-0.3, -0.25) is 14.9 Å². The Kier molecular flexibility index (Phi) is 5.03. The van der Waals surface area contributed by atoms with E-state index in [1.165, 1.54) is 29.5 Å². The third-order valence-electron chi connectivity index (χ3n) is 4.78. The maximum absolute atomic E-state index is 12.0. The van der Waals surface area contributed by atoms with Gasteiger partial charge in [-0.1, -0.05) is 6.07 Å². The predicted molar refractivity (Wildman–Crippen MR) is 110 cm³/mol. The van der Waals surface area contributed by atoms with Gasteiger partial charge in [0.25, 0.3) is 5.69 Å². The second-order valence-corrected chi connectivity index (χ2v) is 7.40. The second-order valence-electron chi connectivity index (χ2n) is 6.40. The van der Waals surface area contributed by atoms with E-state index in [4.69, 9.17) is 15.2 Å². The number of fused-ring (bicyclic) bond motifs is 1. The van der Waals surface area contributed by atoms with Crippen LogP contribution in [0.3, 0.4) is 0 Å². The molecule has 0 saturated carbocycles. The molecular formula is C19H18N4O5S. The Morgan fingerprint density at radius 1 is 1.31 bits per heavy atom. The van der Waals surface area contributed by atoms with E-state index in [2.05, 4.69) is 9.88 Å². The summed E-state index contributed by atoms with van der Waals surface area (Å²) >= 11 is 1.28. The maximum atomic E-state index is 12.0. The van der Waals surface area contributed by atoms with Crippen molar-refractivity contribution < 1.29 is 19.2 Å². The van der Waals surface area contributed by atoms with Crippen molar-refractivity contribution in [2.45, 2.75) is 0 Å². The van der Waals surface area contributed by atoms with E-state index in [-0.39, 0.29) is 16.8 Å². The van der Waals surface area contributed by atoms with Gasteiger partial charge in [-0.15, -0.1) is 11.3 Å². The number of primary amides is 1. The number of anilines is 1. The predicted octanol–water partition coefficient (Wildman–Crippen LogP) is 2.82. The second kappa shape index (κ2) is 7.64. The zero-order chi connectivity index (χ0) is 20.5. The molecule has 150 valence electrons. The molecule has 4 rings (SSSR count). The molecule has 1 aliphatic rings. The number of carbonyl (C=O) groups is 1. The van der Waals surface area contributed by atoms with Crippen LogP contribution < -0.4 is 15.4 Å². The van der Waals surface area contributed by atoms with E-state index >= 15 is 0 Å². The van der Waals surface area contributed by atoms with E-state index in [0.29, 0.717) is 29.5 Å². The van der Waals surface area contributed by atoms with E-state index in [0.717, 1.165) is 23.5 Å². The molecule has 1 aromatic heterocycles. The average Bonchev–Trinajstić information content (AvgIpc) is 3.18. The van der Waals surface area contributed by atoms with Gasteiger partial charge in [-0.05, 0) is 18.2 Å². The summed E-state index contributed by atoms with van der Waals surface area (Å²) in [5.41, 5.74) is 7.00. The van der Waals surface area contributed by atoms with E-state index < -0.39 is 10.8 Å². The van der Waals surface area contributed by atoms with Crippen molar-refractivity contribution in [3.8, 4) is 16.3 Å². The quantitative estimate of drug-likeness (QED) is 0.503. The molecular weight excluding hydrogens is 396 g/mol. The zero-order valence-electron chi connectivity index (χ0n) is 15.6. The van der Waals surface area contributed by atoms with E-state index in [1.54, 1.807) is 7.11 Å². The number of amides is 1. The first-order valence-corrected chi connectivity index (χ1v) is 9.70. The van der Waals surface area contributed by atoms with Crippen LogP contribution in [-0.2, 0) is 4.74 Å². The Balaban J connectivity index is 1.97. The molecule has 1 aliphatic heterocycles. The molecule has 10 heteroatoms. The summed E-state index contributed by atoms with van der Waals surface area (Å²) in [6.07, 6.45) is 0. The number of rotatable bonds is 5. The summed E-state index contributed by atoms with van der Waals surface area (Å²) in [5.74, 6) is -0.193. The highest BCUT2D eigenvalue weighted by atomic mass is 32.1. The number of hydrogen-bond donors (Lipinski definition) is 1. The minimum Gasteiger partial charge on any atom is -0.494 e. The fraction of sp³-hybridized carbons (Fsp3) is 0.263. The molecule has 0 spiro atoms. The van der Waals surface area contributed by atoms with Crippen LogP contribution >= 0.6 is 11.3 Å². The monoisotopic (exact) mass is 414 g/mol. The molecule has 1 fully saturated rings. The molecule has 0 unspecified atom stereocenters. The lowest BCUT2D eigenvalue weighted by Gasteiger charge is -2.29. The normalized spacial score (nSPS) is 14.2. The van der Waals surface area contributed by atoms with Gasteiger partial charge < -0.3 is 20.1 Å². The zero-order valence-corrected chi connectivity index (χ0v) is 16.4. The molecule has 0 bridgehead atoms. The van der Waals surface area contributed by atoms with Gasteiger partial charge in [0.15, 0.2) is 0 Å². The van der Waals surface area contributed by atoms with Crippen molar-refractivity contribution >= 4 is 38.8 Å². The lowest BCUT2D eigenvalue weighted by atomic mass is 10.1. The SMILES string of the molecule is COc1ccc(N2CCOCC2)c2sc(-c3c(C(N)=O)cccc3[N+](=O)[O-])nc12. The molecule has 0 radical (unpaired) electrons. The average molecular weight is 414 g/mol. The van der Waals surface area contributed by atoms with Crippen LogP contribution in [0, 0.1) is 10.1 Å². The third-order valence-corrected chi connectivity index (χ3v) is 5.87. The molecule has 2 N–H and O–H groups in total. The Morgan fingerprint density at radius 3 is 2.72 bits per heavy atom. The number of aromatic nitrogens is 1. The van der Waals surface area contributed by atoms with Gasteiger partial charge in [0.2, 0.25) is 5.91 Å². The van der Waals surface area contributed by atoms with Crippen LogP contribution in [0.25, 0.3) is 20.8 Å². The van der Waals surface area contributed by atoms with Crippen molar-refractivity contribution in [3.63, 3.8) is 0 Å². The van der Waals surface area contributed by atoms with Crippen molar-refractivity contribution in [2.75, 3.05) is 38.3 Å². The Morgan fingerprint density at radius 2 is 2.07 bits per heavy atom. The first-order chi connectivity index (χ1) is 14.0. The van der Waals surface area contributed by atoms with E-state index in [9.17, 15) is 14.9 Å². The van der Waals surface area contributed by atoms with Gasteiger partial charge in [0.05, 0.1) is 41.2 Å². The van der Waals surface area contributed by atoms with Crippen molar-refractivity contribution in [1.82, 2.24) is 4.98 Å². The van der Waals surface area contributed by atoms with E-state index in [1.807, 2.05) is 12.1 Å². The fourth-order valence-electron chi connectivity index (χ4n) is 3.42. The molecule has 3 aromatic rings. The summed E-state index contributed by atoms with van der Waals surface area (Å²) in [7, 11) is 1.54. The topological polar surface area (TPSA) is 121 Å². The van der Waals surface area contributed by atoms with Gasteiger partial charge in [-0.2, -0.15) is 0 Å². The van der Waals surface area contributed by atoms with Crippen LogP contribution in [0.2, 0.25) is 0 Å². The van der Waals surface area contributed by atoms with Gasteiger partial charge in [-0.25, -0.2) is 4.98 Å². The number of thiazole rings is 1. The summed E-state index contributed by atoms with van der Waals surface area (Å²) < 4.78 is 11.7. The molecule has 0 aliphatic carbocycles. The van der Waals surface area contributed by atoms with Crippen LogP contribution in [0.1, 0.15) is 10.4 Å². The summed E-state index contributed by atoms with van der Waals surface area (Å²) in [4.78, 5) is 29.8. The molecule has 2 heterocycles. The lowest BCUT2D eigenvalue weighted by molar-refractivity contribution is -0.384. The van der Waals surface area contributed by atoms with Crippen molar-refractivity contribution in [1.29, 1.82) is 0 Å². The number of nitrogens with two attached hydrogens (primary N) is 1. The largest absolute Gasteiger partial charge is 0.494 e. The number of ether oxygens (including phenoxy) is 2. The first kappa shape index (κ1) is 19.1. The van der Waals surface area contributed by atoms with Gasteiger partial charge in [0.1, 0.15) is 21.8 Å². The first-order valence-electron chi connectivity index (χ1n) is 8.89. The number of methoxy groups -OCH3 is 1. The fourth-order valence-corrected chi connectivity index (χ4v) is 4.61. The van der Waals surface area contributed by atoms with Crippen LogP contribution in [0.4, 0.5) is 11.4 Å². The Hall–Kier alpha value is -3.24. The lowest BCUT2D eigenvalue weighted by Crippen LogP contribution is -2.36. The molecule has 0 atom stereocenters. The van der Waals surface area contributed by atoms with Gasteiger partial charge >= 0.3 is 0 Å². The summed E-state index contributed by atoms with van der Waals surface area (Å²) in [6, 6.07) is 8.02. The minimum absolute atomic E-state index is 0.0603. The number of morpholine rings is 1. The number of nitrogens with zero attached hydrogens (tertiary/aromatic N) is 3. The summed E-state index contributed by atoms with van der Waals surface area (Å²) in [6.45, 7) is 2.70. The van der Waals surface area contributed by atoms with Crippen LogP contribution in [0.15, 0.2) is 30.3 Å². The smallest absolute Gasteiger partial charge is 0.280 e. The maximum Gasteiger partial charge on any atom is 0.280 e. The van der Waals surface area contributed by atoms with Crippen LogP contribution in [0.5, 0.6) is 5.75 Å². The third kappa shape index (κ3) is 3.36. The van der Waals surface area contributed by atoms with Crippen molar-refractivity contribution in [3.05, 3.63) is 46.0 Å². The highest BCUT2D eigenvalue weighted by Gasteiger charge is 2.27. The highest BCUT2D eigenvalue weighted by molar-refractivity contribution is 7.22. The molecule has 29 heavy (non-hydrogen) atoms. The molecule has 1 saturated heterocycles. The summed E-state index contributed by atoms with van der Waals surface area (Å²) in [5, 5.41) is 12.0. The number of hydrogen-bond acceptors (Lipinski definition) is 8. The molecule has 9 nitrogen and oxygen atoms in total. The number of nitro groups is 1. The number of benzene rings is 2. The Bertz CT molecular complexity index is 1080. The van der Waals surface area contributed by atoms with Crippen LogP contribution in [-0.4, -0.2) is 49.2 Å².